The van der Waals surface area contributed by atoms with Gasteiger partial charge in [-0.2, -0.15) is 16.9 Å². The molecule has 0 bridgehead atoms. The Morgan fingerprint density at radius 1 is 1.55 bits per heavy atom. The van der Waals surface area contributed by atoms with Gasteiger partial charge in [0.2, 0.25) is 0 Å². The van der Waals surface area contributed by atoms with E-state index in [9.17, 15) is 4.79 Å². The van der Waals surface area contributed by atoms with E-state index in [-0.39, 0.29) is 11.9 Å². The van der Waals surface area contributed by atoms with Crippen molar-refractivity contribution in [1.82, 2.24) is 15.1 Å². The summed E-state index contributed by atoms with van der Waals surface area (Å²) in [6.45, 7) is 1.92. The van der Waals surface area contributed by atoms with Crippen molar-refractivity contribution in [3.8, 4) is 0 Å². The van der Waals surface area contributed by atoms with Crippen molar-refractivity contribution in [2.45, 2.75) is 25.8 Å². The molecule has 0 radical (unpaired) electrons. The van der Waals surface area contributed by atoms with E-state index in [0.717, 1.165) is 28.1 Å². The van der Waals surface area contributed by atoms with Gasteiger partial charge in [-0.05, 0) is 25.5 Å². The van der Waals surface area contributed by atoms with Crippen molar-refractivity contribution in [3.63, 3.8) is 0 Å². The first kappa shape index (κ1) is 13.8. The summed E-state index contributed by atoms with van der Waals surface area (Å²) in [4.78, 5) is 14.0. The Balaban J connectivity index is 1.87. The van der Waals surface area contributed by atoms with Gasteiger partial charge in [-0.1, -0.05) is 0 Å². The van der Waals surface area contributed by atoms with E-state index >= 15 is 0 Å². The number of hydrogen-bond acceptors (Lipinski definition) is 5. The summed E-state index contributed by atoms with van der Waals surface area (Å²) in [5, 5.41) is 8.36. The van der Waals surface area contributed by atoms with Crippen molar-refractivity contribution >= 4 is 44.9 Å². The van der Waals surface area contributed by atoms with Gasteiger partial charge in [0, 0.05) is 18.8 Å². The number of aromatic nitrogens is 2. The Morgan fingerprint density at radius 3 is 3.00 bits per heavy atom. The monoisotopic (exact) mass is 310 g/mol. The molecule has 0 saturated carbocycles. The summed E-state index contributed by atoms with van der Waals surface area (Å²) in [6.07, 6.45) is 2.23. The highest BCUT2D eigenvalue weighted by molar-refractivity contribution is 7.99. The number of amides is 1. The molecule has 0 aromatic carbocycles. The molecule has 1 unspecified atom stereocenters. The molecule has 108 valence electrons. The first-order valence-electron chi connectivity index (χ1n) is 6.68. The van der Waals surface area contributed by atoms with Crippen LogP contribution < -0.4 is 11.1 Å². The smallest absolute Gasteiger partial charge is 0.263 e. The van der Waals surface area contributed by atoms with E-state index in [0.29, 0.717) is 10.6 Å². The quantitative estimate of drug-likeness (QED) is 0.891. The van der Waals surface area contributed by atoms with Crippen LogP contribution in [0.15, 0.2) is 0 Å². The van der Waals surface area contributed by atoms with Crippen molar-refractivity contribution in [2.75, 3.05) is 17.2 Å². The van der Waals surface area contributed by atoms with Crippen LogP contribution in [0.4, 0.5) is 5.69 Å². The number of aryl methyl sites for hydroxylation is 2. The molecule has 7 heteroatoms. The molecule has 1 aliphatic heterocycles. The molecule has 1 fully saturated rings. The largest absolute Gasteiger partial charge is 0.397 e. The van der Waals surface area contributed by atoms with Crippen LogP contribution in [0, 0.1) is 6.92 Å². The van der Waals surface area contributed by atoms with Crippen LogP contribution in [0.5, 0.6) is 0 Å². The molecule has 1 saturated heterocycles. The number of thiophene rings is 1. The third kappa shape index (κ3) is 2.29. The van der Waals surface area contributed by atoms with E-state index in [1.54, 1.807) is 4.68 Å². The molecule has 2 aromatic rings. The van der Waals surface area contributed by atoms with Crippen LogP contribution in [-0.2, 0) is 7.05 Å². The predicted octanol–water partition coefficient (Wildman–Crippen LogP) is 2.15. The molecule has 0 spiro atoms. The number of nitrogens with zero attached hydrogens (tertiary/aromatic N) is 2. The second-order valence-electron chi connectivity index (χ2n) is 5.12. The second kappa shape index (κ2) is 5.29. The maximum atomic E-state index is 12.4. The van der Waals surface area contributed by atoms with Crippen molar-refractivity contribution in [1.29, 1.82) is 0 Å². The van der Waals surface area contributed by atoms with Gasteiger partial charge in [-0.25, -0.2) is 0 Å². The number of hydrogen-bond donors (Lipinski definition) is 2. The topological polar surface area (TPSA) is 72.9 Å². The lowest BCUT2D eigenvalue weighted by Gasteiger charge is -2.22. The van der Waals surface area contributed by atoms with E-state index in [2.05, 4.69) is 10.4 Å². The summed E-state index contributed by atoms with van der Waals surface area (Å²) >= 11 is 3.32. The summed E-state index contributed by atoms with van der Waals surface area (Å²) in [5.41, 5.74) is 7.59. The molecule has 3 rings (SSSR count). The minimum Gasteiger partial charge on any atom is -0.397 e. The molecule has 1 amide bonds. The minimum absolute atomic E-state index is 0.0457. The fraction of sp³-hybridized carbons (Fsp3) is 0.538. The average Bonchev–Trinajstić information content (AvgIpc) is 2.90. The number of carbonyl (C=O) groups is 1. The van der Waals surface area contributed by atoms with E-state index in [4.69, 9.17) is 5.73 Å². The Hall–Kier alpha value is -1.21. The molecule has 20 heavy (non-hydrogen) atoms. The van der Waals surface area contributed by atoms with Gasteiger partial charge in [0.25, 0.3) is 5.91 Å². The van der Waals surface area contributed by atoms with E-state index < -0.39 is 0 Å². The van der Waals surface area contributed by atoms with Crippen LogP contribution >= 0.6 is 23.1 Å². The zero-order chi connectivity index (χ0) is 14.3. The number of rotatable bonds is 2. The predicted molar refractivity (Wildman–Crippen MR) is 85.6 cm³/mol. The Morgan fingerprint density at radius 2 is 2.35 bits per heavy atom. The third-order valence-electron chi connectivity index (χ3n) is 3.58. The molecule has 5 nitrogen and oxygen atoms in total. The van der Waals surface area contributed by atoms with Gasteiger partial charge < -0.3 is 11.1 Å². The van der Waals surface area contributed by atoms with Gasteiger partial charge in [-0.3, -0.25) is 9.48 Å². The number of anilines is 1. The molecular formula is C13H18N4OS2. The van der Waals surface area contributed by atoms with Gasteiger partial charge in [0.1, 0.15) is 9.71 Å². The van der Waals surface area contributed by atoms with Gasteiger partial charge in [0.05, 0.1) is 16.8 Å². The summed E-state index contributed by atoms with van der Waals surface area (Å²) in [6, 6.07) is 0.269. The Kier molecular flexibility index (Phi) is 3.64. The number of fused-ring (bicyclic) bond motifs is 1. The first-order valence-corrected chi connectivity index (χ1v) is 8.65. The summed E-state index contributed by atoms with van der Waals surface area (Å²) < 4.78 is 1.79. The van der Waals surface area contributed by atoms with Crippen LogP contribution in [0.2, 0.25) is 0 Å². The molecule has 0 aliphatic carbocycles. The highest BCUT2D eigenvalue weighted by atomic mass is 32.2. The maximum Gasteiger partial charge on any atom is 0.263 e. The normalized spacial score (nSPS) is 19.4. The number of nitrogen functional groups attached to an aromatic ring is 1. The maximum absolute atomic E-state index is 12.4. The molecule has 1 aliphatic rings. The van der Waals surface area contributed by atoms with Gasteiger partial charge in [-0.15, -0.1) is 11.3 Å². The lowest BCUT2D eigenvalue weighted by molar-refractivity contribution is 0.0943. The van der Waals surface area contributed by atoms with Crippen molar-refractivity contribution in [3.05, 3.63) is 10.6 Å². The molecular weight excluding hydrogens is 292 g/mol. The Labute approximate surface area is 125 Å². The van der Waals surface area contributed by atoms with Crippen molar-refractivity contribution in [2.24, 2.45) is 7.05 Å². The second-order valence-corrected chi connectivity index (χ2v) is 7.27. The first-order chi connectivity index (χ1) is 9.58. The highest BCUT2D eigenvalue weighted by Gasteiger charge is 2.23. The molecule has 3 heterocycles. The van der Waals surface area contributed by atoms with E-state index in [1.165, 1.54) is 23.5 Å². The number of nitrogens with two attached hydrogens (primary N) is 1. The standard InChI is InChI=1S/C13H18N4OS2/c1-7-9-10(14)11(20-13(9)17(2)16-7)12(18)15-8-4-3-5-19-6-8/h8H,3-6,14H2,1-2H3,(H,15,18). The summed E-state index contributed by atoms with van der Waals surface area (Å²) in [7, 11) is 1.88. The van der Waals surface area contributed by atoms with Crippen LogP contribution in [0.3, 0.4) is 0 Å². The SMILES string of the molecule is Cc1nn(C)c2sc(C(=O)NC3CCCSC3)c(N)c12. The number of carbonyl (C=O) groups excluding carboxylic acids is 1. The highest BCUT2D eigenvalue weighted by Crippen LogP contribution is 2.35. The van der Waals surface area contributed by atoms with Crippen LogP contribution in [0.1, 0.15) is 28.2 Å². The Bertz CT molecular complexity index is 655. The van der Waals surface area contributed by atoms with Crippen LogP contribution in [-0.4, -0.2) is 33.2 Å². The van der Waals surface area contributed by atoms with Crippen molar-refractivity contribution < 1.29 is 4.79 Å². The molecule has 2 aromatic heterocycles. The number of thioether (sulfide) groups is 1. The fourth-order valence-corrected chi connectivity index (χ4v) is 4.77. The zero-order valence-corrected chi connectivity index (χ0v) is 13.2. The molecule has 3 N–H and O–H groups in total. The molecule has 1 atom stereocenters. The third-order valence-corrected chi connectivity index (χ3v) is 6.07. The fourth-order valence-electron chi connectivity index (χ4n) is 2.60. The summed E-state index contributed by atoms with van der Waals surface area (Å²) in [5.74, 6) is 2.15. The number of nitrogens with one attached hydrogen (secondary N) is 1. The minimum atomic E-state index is -0.0457. The zero-order valence-electron chi connectivity index (χ0n) is 11.6. The van der Waals surface area contributed by atoms with Crippen LogP contribution in [0.25, 0.3) is 10.2 Å². The van der Waals surface area contributed by atoms with Gasteiger partial charge in [0.15, 0.2) is 0 Å². The lowest BCUT2D eigenvalue weighted by atomic mass is 10.2. The van der Waals surface area contributed by atoms with Gasteiger partial charge >= 0.3 is 0 Å². The average molecular weight is 310 g/mol. The lowest BCUT2D eigenvalue weighted by Crippen LogP contribution is -2.38. The van der Waals surface area contributed by atoms with E-state index in [1.807, 2.05) is 25.7 Å².